The Hall–Kier alpha value is -1.49. The number of nitrogens with zero attached hydrogens (tertiary/aromatic N) is 1. The first kappa shape index (κ1) is 16.6. The molecule has 0 heterocycles. The number of amides is 2. The normalized spacial score (nSPS) is 10.5. The maximum atomic E-state index is 12.5. The smallest absolute Gasteiger partial charge is 0.254 e. The van der Waals surface area contributed by atoms with Crippen molar-refractivity contribution in [2.75, 3.05) is 13.1 Å². The zero-order valence-electron chi connectivity index (χ0n) is 12.4. The molecule has 0 bridgehead atoms. The fraction of sp³-hybridized carbons (Fsp3) is 0.467. The van der Waals surface area contributed by atoms with Crippen molar-refractivity contribution in [3.05, 3.63) is 29.3 Å². The summed E-state index contributed by atoms with van der Waals surface area (Å²) in [6.07, 6.45) is 0. The predicted octanol–water partition coefficient (Wildman–Crippen LogP) is 2.27. The molecular formula is C15H22N2O2S. The molecule has 0 radical (unpaired) electrons. The van der Waals surface area contributed by atoms with Crippen molar-refractivity contribution in [3.63, 3.8) is 0 Å². The van der Waals surface area contributed by atoms with Gasteiger partial charge in [0.15, 0.2) is 0 Å². The summed E-state index contributed by atoms with van der Waals surface area (Å²) < 4.78 is 0. The second-order valence-electron chi connectivity index (χ2n) is 5.04. The minimum Gasteiger partial charge on any atom is -0.352 e. The molecule has 0 aliphatic carbocycles. The lowest BCUT2D eigenvalue weighted by Gasteiger charge is -2.22. The summed E-state index contributed by atoms with van der Waals surface area (Å²) in [4.78, 5) is 26.5. The van der Waals surface area contributed by atoms with Crippen molar-refractivity contribution < 1.29 is 9.59 Å². The fourth-order valence-electron chi connectivity index (χ4n) is 1.88. The van der Waals surface area contributed by atoms with Gasteiger partial charge in [-0.05, 0) is 45.4 Å². The number of likely N-dealkylation sites (N-methyl/N-ethyl adjacent to an activating group) is 1. The third kappa shape index (κ3) is 4.56. The molecule has 1 aromatic rings. The quantitative estimate of drug-likeness (QED) is 0.819. The zero-order valence-corrected chi connectivity index (χ0v) is 13.3. The molecule has 0 fully saturated rings. The average Bonchev–Trinajstić information content (AvgIpc) is 2.37. The Labute approximate surface area is 126 Å². The molecule has 1 aromatic carbocycles. The maximum absolute atomic E-state index is 12.5. The monoisotopic (exact) mass is 294 g/mol. The number of thiol groups is 1. The lowest BCUT2D eigenvalue weighted by atomic mass is 10.1. The standard InChI is InChI=1S/C15H22N2O2S/c1-5-17(9-14(18)16-10(2)3)15(19)13-8-12(20)7-6-11(13)4/h6-8,10,20H,5,9H2,1-4H3,(H,16,18). The first-order valence-corrected chi connectivity index (χ1v) is 7.18. The molecule has 0 aliphatic rings. The highest BCUT2D eigenvalue weighted by Gasteiger charge is 2.19. The Bertz CT molecular complexity index is 501. The molecule has 1 rings (SSSR count). The highest BCUT2D eigenvalue weighted by Crippen LogP contribution is 2.16. The number of carbonyl (C=O) groups excluding carboxylic acids is 2. The van der Waals surface area contributed by atoms with Crippen LogP contribution in [0.15, 0.2) is 23.1 Å². The van der Waals surface area contributed by atoms with Gasteiger partial charge in [-0.25, -0.2) is 0 Å². The summed E-state index contributed by atoms with van der Waals surface area (Å²) in [5.41, 5.74) is 1.48. The fourth-order valence-corrected chi connectivity index (χ4v) is 2.08. The first-order valence-electron chi connectivity index (χ1n) is 6.73. The molecule has 4 nitrogen and oxygen atoms in total. The highest BCUT2D eigenvalue weighted by molar-refractivity contribution is 7.80. The number of aryl methyl sites for hydroxylation is 1. The van der Waals surface area contributed by atoms with Crippen molar-refractivity contribution >= 4 is 24.4 Å². The van der Waals surface area contributed by atoms with E-state index in [0.29, 0.717) is 12.1 Å². The highest BCUT2D eigenvalue weighted by atomic mass is 32.1. The molecule has 5 heteroatoms. The van der Waals surface area contributed by atoms with Gasteiger partial charge in [0, 0.05) is 23.0 Å². The second kappa shape index (κ2) is 7.33. The van der Waals surface area contributed by atoms with Crippen molar-refractivity contribution in [3.8, 4) is 0 Å². The molecular weight excluding hydrogens is 272 g/mol. The third-order valence-corrected chi connectivity index (χ3v) is 3.18. The van der Waals surface area contributed by atoms with E-state index in [4.69, 9.17) is 0 Å². The van der Waals surface area contributed by atoms with Gasteiger partial charge in [-0.1, -0.05) is 6.07 Å². The van der Waals surface area contributed by atoms with Gasteiger partial charge in [-0.3, -0.25) is 9.59 Å². The molecule has 0 atom stereocenters. The van der Waals surface area contributed by atoms with E-state index in [-0.39, 0.29) is 24.4 Å². The van der Waals surface area contributed by atoms with Crippen LogP contribution in [-0.2, 0) is 4.79 Å². The molecule has 0 saturated carbocycles. The minimum absolute atomic E-state index is 0.0683. The van der Waals surface area contributed by atoms with Crippen LogP contribution < -0.4 is 5.32 Å². The number of rotatable bonds is 5. The van der Waals surface area contributed by atoms with E-state index in [1.807, 2.05) is 39.8 Å². The van der Waals surface area contributed by atoms with Crippen LogP contribution in [0.3, 0.4) is 0 Å². The molecule has 1 N–H and O–H groups in total. The summed E-state index contributed by atoms with van der Waals surface area (Å²) in [6, 6.07) is 5.51. The maximum Gasteiger partial charge on any atom is 0.254 e. The second-order valence-corrected chi connectivity index (χ2v) is 5.56. The van der Waals surface area contributed by atoms with Crippen LogP contribution in [-0.4, -0.2) is 35.8 Å². The van der Waals surface area contributed by atoms with Gasteiger partial charge in [0.25, 0.3) is 5.91 Å². The zero-order chi connectivity index (χ0) is 15.3. The van der Waals surface area contributed by atoms with Crippen molar-refractivity contribution in [1.29, 1.82) is 0 Å². The number of carbonyl (C=O) groups is 2. The Morgan fingerprint density at radius 1 is 1.35 bits per heavy atom. The van der Waals surface area contributed by atoms with Gasteiger partial charge in [0.2, 0.25) is 5.91 Å². The van der Waals surface area contributed by atoms with Crippen molar-refractivity contribution in [1.82, 2.24) is 10.2 Å². The number of benzene rings is 1. The van der Waals surface area contributed by atoms with Crippen LogP contribution in [0.5, 0.6) is 0 Å². The van der Waals surface area contributed by atoms with E-state index in [9.17, 15) is 9.59 Å². The first-order chi connectivity index (χ1) is 9.35. The lowest BCUT2D eigenvalue weighted by molar-refractivity contribution is -0.122. The molecule has 110 valence electrons. The van der Waals surface area contributed by atoms with Crippen molar-refractivity contribution in [2.45, 2.75) is 38.6 Å². The third-order valence-electron chi connectivity index (χ3n) is 2.90. The van der Waals surface area contributed by atoms with Gasteiger partial charge in [0.05, 0.1) is 6.54 Å². The number of hydrogen-bond donors (Lipinski definition) is 2. The minimum atomic E-state index is -0.144. The van der Waals surface area contributed by atoms with Gasteiger partial charge in [0.1, 0.15) is 0 Å². The summed E-state index contributed by atoms with van der Waals surface area (Å²) in [6.45, 7) is 8.09. The van der Waals surface area contributed by atoms with E-state index < -0.39 is 0 Å². The summed E-state index contributed by atoms with van der Waals surface area (Å²) in [5, 5.41) is 2.79. The van der Waals surface area contributed by atoms with E-state index >= 15 is 0 Å². The number of hydrogen-bond acceptors (Lipinski definition) is 3. The molecule has 2 amide bonds. The molecule has 0 spiro atoms. The van der Waals surface area contributed by atoms with Gasteiger partial charge in [-0.15, -0.1) is 12.6 Å². The molecule has 0 saturated heterocycles. The van der Waals surface area contributed by atoms with Crippen LogP contribution in [0.25, 0.3) is 0 Å². The average molecular weight is 294 g/mol. The Balaban J connectivity index is 2.86. The van der Waals surface area contributed by atoms with E-state index in [1.165, 1.54) is 4.90 Å². The largest absolute Gasteiger partial charge is 0.352 e. The van der Waals surface area contributed by atoms with Gasteiger partial charge in [-0.2, -0.15) is 0 Å². The van der Waals surface area contributed by atoms with E-state index in [2.05, 4.69) is 17.9 Å². The van der Waals surface area contributed by atoms with Crippen molar-refractivity contribution in [2.24, 2.45) is 0 Å². The molecule has 0 aliphatic heterocycles. The Morgan fingerprint density at radius 2 is 2.00 bits per heavy atom. The van der Waals surface area contributed by atoms with Crippen LogP contribution in [0.4, 0.5) is 0 Å². The van der Waals surface area contributed by atoms with E-state index in [1.54, 1.807) is 6.07 Å². The molecule has 0 aromatic heterocycles. The van der Waals surface area contributed by atoms with Gasteiger partial charge < -0.3 is 10.2 Å². The van der Waals surface area contributed by atoms with Crippen LogP contribution in [0.2, 0.25) is 0 Å². The summed E-state index contributed by atoms with van der Waals surface area (Å²) in [7, 11) is 0. The van der Waals surface area contributed by atoms with Gasteiger partial charge >= 0.3 is 0 Å². The number of nitrogens with one attached hydrogen (secondary N) is 1. The lowest BCUT2D eigenvalue weighted by Crippen LogP contribution is -2.42. The Kier molecular flexibility index (Phi) is 6.07. The SMILES string of the molecule is CCN(CC(=O)NC(C)C)C(=O)c1cc(S)ccc1C. The van der Waals surface area contributed by atoms with Crippen LogP contribution >= 0.6 is 12.6 Å². The molecule has 20 heavy (non-hydrogen) atoms. The summed E-state index contributed by atoms with van der Waals surface area (Å²) >= 11 is 4.26. The predicted molar refractivity (Wildman–Crippen MR) is 83.3 cm³/mol. The Morgan fingerprint density at radius 3 is 2.55 bits per heavy atom. The summed E-state index contributed by atoms with van der Waals surface area (Å²) in [5.74, 6) is -0.283. The van der Waals surface area contributed by atoms with Crippen LogP contribution in [0.1, 0.15) is 36.7 Å². The van der Waals surface area contributed by atoms with Crippen LogP contribution in [0, 0.1) is 6.92 Å². The topological polar surface area (TPSA) is 49.4 Å². The molecule has 0 unspecified atom stereocenters. The van der Waals surface area contributed by atoms with E-state index in [0.717, 1.165) is 10.5 Å².